The number of benzene rings is 2. The van der Waals surface area contributed by atoms with Crippen molar-refractivity contribution in [2.45, 2.75) is 40.3 Å². The number of rotatable bonds is 7. The number of thiocarbonyl (C=S) groups is 1. The van der Waals surface area contributed by atoms with Crippen molar-refractivity contribution in [3.8, 4) is 0 Å². The van der Waals surface area contributed by atoms with E-state index in [0.717, 1.165) is 45.3 Å². The number of aryl methyl sites for hydroxylation is 3. The molecule has 8 heteroatoms. The molecule has 7 nitrogen and oxygen atoms in total. The summed E-state index contributed by atoms with van der Waals surface area (Å²) in [5.41, 5.74) is 6.31. The molecule has 3 heterocycles. The van der Waals surface area contributed by atoms with Crippen LogP contribution in [-0.2, 0) is 29.1 Å². The lowest BCUT2D eigenvalue weighted by Crippen LogP contribution is -2.30. The van der Waals surface area contributed by atoms with E-state index in [1.165, 1.54) is 4.90 Å². The van der Waals surface area contributed by atoms with Crippen molar-refractivity contribution < 1.29 is 14.0 Å². The Balaban J connectivity index is 1.47. The molecule has 0 aliphatic carbocycles. The van der Waals surface area contributed by atoms with Crippen molar-refractivity contribution in [1.82, 2.24) is 15.2 Å². The van der Waals surface area contributed by atoms with Crippen LogP contribution in [0.5, 0.6) is 0 Å². The Morgan fingerprint density at radius 3 is 2.70 bits per heavy atom. The first-order valence-corrected chi connectivity index (χ1v) is 12.6. The maximum absolute atomic E-state index is 13.4. The van der Waals surface area contributed by atoms with Crippen LogP contribution >= 0.6 is 12.2 Å². The zero-order valence-electron chi connectivity index (χ0n) is 21.0. The quantitative estimate of drug-likeness (QED) is 0.269. The van der Waals surface area contributed by atoms with Crippen LogP contribution in [0.25, 0.3) is 17.0 Å². The number of carbonyl (C=O) groups excluding carboxylic acids is 2. The number of carbonyl (C=O) groups is 2. The summed E-state index contributed by atoms with van der Waals surface area (Å²) in [6.07, 6.45) is 6.13. The Kier molecular flexibility index (Phi) is 6.67. The largest absolute Gasteiger partial charge is 0.467 e. The summed E-state index contributed by atoms with van der Waals surface area (Å²) in [5.74, 6) is 0.355. The second kappa shape index (κ2) is 10.1. The fraction of sp³-hybridized carbons (Fsp3) is 0.207. The zero-order chi connectivity index (χ0) is 26.1. The minimum absolute atomic E-state index is 0.129. The molecule has 2 aromatic carbocycles. The normalized spacial score (nSPS) is 14.6. The number of hydrogen-bond donors (Lipinski definition) is 2. The van der Waals surface area contributed by atoms with Gasteiger partial charge in [0.15, 0.2) is 5.11 Å². The van der Waals surface area contributed by atoms with E-state index in [4.69, 9.17) is 16.6 Å². The number of nitrogens with zero attached hydrogens (tertiary/aromatic N) is 2. The maximum Gasteiger partial charge on any atom is 0.281 e. The number of furan rings is 1. The standard InChI is InChI=1S/C29H28N4O3S/c1-4-20-7-5-9-24-21(16-32(27(20)24)17-26(34)30-15-23-8-6-12-36-23)14-25-28(35)33(29(37)31-25)22-11-10-18(2)19(3)13-22/h5-14,16H,4,15,17H2,1-3H3,(H,30,34)(H,31,37)/b25-14-. The molecule has 188 valence electrons. The van der Waals surface area contributed by atoms with Gasteiger partial charge in [0.1, 0.15) is 18.0 Å². The molecule has 5 rings (SSSR count). The first-order chi connectivity index (χ1) is 17.9. The Labute approximate surface area is 220 Å². The Morgan fingerprint density at radius 2 is 1.97 bits per heavy atom. The summed E-state index contributed by atoms with van der Waals surface area (Å²) in [7, 11) is 0. The predicted octanol–water partition coefficient (Wildman–Crippen LogP) is 4.99. The second-order valence-corrected chi connectivity index (χ2v) is 9.52. The monoisotopic (exact) mass is 512 g/mol. The molecular weight excluding hydrogens is 484 g/mol. The van der Waals surface area contributed by atoms with Crippen LogP contribution in [0.1, 0.15) is 34.9 Å². The predicted molar refractivity (Wildman–Crippen MR) is 149 cm³/mol. The SMILES string of the molecule is CCc1cccc2c(/C=C3\NC(=S)N(c4ccc(C)c(C)c4)C3=O)cn(CC(=O)NCc3ccco3)c12. The summed E-state index contributed by atoms with van der Waals surface area (Å²) in [6.45, 7) is 6.60. The molecule has 4 aromatic rings. The van der Waals surface area contributed by atoms with Gasteiger partial charge in [-0.05, 0) is 79.5 Å². The topological polar surface area (TPSA) is 79.5 Å². The number of anilines is 1. The van der Waals surface area contributed by atoms with Gasteiger partial charge in [-0.1, -0.05) is 31.2 Å². The molecule has 0 unspecified atom stereocenters. The van der Waals surface area contributed by atoms with E-state index < -0.39 is 0 Å². The van der Waals surface area contributed by atoms with Crippen molar-refractivity contribution in [2.75, 3.05) is 4.90 Å². The van der Waals surface area contributed by atoms with Crippen LogP contribution in [0.2, 0.25) is 0 Å². The van der Waals surface area contributed by atoms with Gasteiger partial charge in [-0.15, -0.1) is 0 Å². The van der Waals surface area contributed by atoms with Crippen molar-refractivity contribution >= 4 is 51.8 Å². The van der Waals surface area contributed by atoms with Crippen molar-refractivity contribution in [3.05, 3.63) is 94.7 Å². The number of hydrogen-bond acceptors (Lipinski definition) is 4. The first kappa shape index (κ1) is 24.5. The molecule has 1 aliphatic rings. The Hall–Kier alpha value is -4.17. The lowest BCUT2D eigenvalue weighted by atomic mass is 10.1. The third kappa shape index (κ3) is 4.80. The summed E-state index contributed by atoms with van der Waals surface area (Å²) >= 11 is 5.52. The van der Waals surface area contributed by atoms with E-state index >= 15 is 0 Å². The van der Waals surface area contributed by atoms with Crippen LogP contribution < -0.4 is 15.5 Å². The molecule has 37 heavy (non-hydrogen) atoms. The number of nitrogens with one attached hydrogen (secondary N) is 2. The van der Waals surface area contributed by atoms with Crippen LogP contribution in [0.15, 0.2) is 71.1 Å². The molecule has 0 atom stereocenters. The van der Waals surface area contributed by atoms with Gasteiger partial charge in [0.2, 0.25) is 5.91 Å². The molecule has 1 aliphatic heterocycles. The van der Waals surface area contributed by atoms with Crippen LogP contribution in [0.3, 0.4) is 0 Å². The highest BCUT2D eigenvalue weighted by atomic mass is 32.1. The summed E-state index contributed by atoms with van der Waals surface area (Å²) in [4.78, 5) is 27.7. The number of para-hydroxylation sites is 1. The van der Waals surface area contributed by atoms with Crippen LogP contribution in [0, 0.1) is 13.8 Å². The van der Waals surface area contributed by atoms with Gasteiger partial charge in [0, 0.05) is 17.1 Å². The van der Waals surface area contributed by atoms with E-state index in [0.29, 0.717) is 23.1 Å². The fourth-order valence-corrected chi connectivity index (χ4v) is 4.89. The molecule has 0 spiro atoms. The van der Waals surface area contributed by atoms with E-state index in [-0.39, 0.29) is 18.4 Å². The van der Waals surface area contributed by atoms with E-state index in [9.17, 15) is 9.59 Å². The molecule has 1 fully saturated rings. The lowest BCUT2D eigenvalue weighted by Gasteiger charge is -2.15. The van der Waals surface area contributed by atoms with Gasteiger partial charge in [0.25, 0.3) is 5.91 Å². The molecule has 0 radical (unpaired) electrons. The van der Waals surface area contributed by atoms with E-state index in [1.54, 1.807) is 12.3 Å². The van der Waals surface area contributed by atoms with Gasteiger partial charge in [0.05, 0.1) is 24.0 Å². The first-order valence-electron chi connectivity index (χ1n) is 12.2. The number of aromatic nitrogens is 1. The maximum atomic E-state index is 13.4. The highest BCUT2D eigenvalue weighted by molar-refractivity contribution is 7.80. The average Bonchev–Trinajstić information content (AvgIpc) is 3.59. The van der Waals surface area contributed by atoms with Gasteiger partial charge in [-0.3, -0.25) is 14.5 Å². The van der Waals surface area contributed by atoms with E-state index in [1.807, 2.05) is 67.1 Å². The van der Waals surface area contributed by atoms with E-state index in [2.05, 4.69) is 23.6 Å². The average molecular weight is 513 g/mol. The minimum atomic E-state index is -0.211. The Bertz CT molecular complexity index is 1550. The van der Waals surface area contributed by atoms with Crippen LogP contribution in [0.4, 0.5) is 5.69 Å². The molecule has 1 saturated heterocycles. The van der Waals surface area contributed by atoms with Gasteiger partial charge >= 0.3 is 0 Å². The highest BCUT2D eigenvalue weighted by Gasteiger charge is 2.32. The number of fused-ring (bicyclic) bond motifs is 1. The van der Waals surface area contributed by atoms with Crippen molar-refractivity contribution in [3.63, 3.8) is 0 Å². The lowest BCUT2D eigenvalue weighted by molar-refractivity contribution is -0.121. The third-order valence-electron chi connectivity index (χ3n) is 6.67. The number of amides is 2. The third-order valence-corrected chi connectivity index (χ3v) is 6.96. The van der Waals surface area contributed by atoms with Crippen molar-refractivity contribution in [2.24, 2.45) is 0 Å². The fourth-order valence-electron chi connectivity index (χ4n) is 4.59. The minimum Gasteiger partial charge on any atom is -0.467 e. The van der Waals surface area contributed by atoms with Gasteiger partial charge in [-0.25, -0.2) is 0 Å². The highest BCUT2D eigenvalue weighted by Crippen LogP contribution is 2.29. The smallest absolute Gasteiger partial charge is 0.281 e. The molecular formula is C29H28N4O3S. The second-order valence-electron chi connectivity index (χ2n) is 9.13. The molecule has 0 bridgehead atoms. The van der Waals surface area contributed by atoms with Crippen molar-refractivity contribution in [1.29, 1.82) is 0 Å². The summed E-state index contributed by atoms with van der Waals surface area (Å²) in [5, 5.41) is 7.30. The molecule has 0 saturated carbocycles. The molecule has 2 aromatic heterocycles. The Morgan fingerprint density at radius 1 is 1.14 bits per heavy atom. The summed E-state index contributed by atoms with van der Waals surface area (Å²) < 4.78 is 7.25. The molecule has 2 amide bonds. The molecule has 2 N–H and O–H groups in total. The van der Waals surface area contributed by atoms with Gasteiger partial charge < -0.3 is 19.6 Å². The zero-order valence-corrected chi connectivity index (χ0v) is 21.8. The summed E-state index contributed by atoms with van der Waals surface area (Å²) in [6, 6.07) is 15.5. The van der Waals surface area contributed by atoms with Gasteiger partial charge in [-0.2, -0.15) is 0 Å². The van der Waals surface area contributed by atoms with Crippen LogP contribution in [-0.4, -0.2) is 21.5 Å².